The van der Waals surface area contributed by atoms with Crippen LogP contribution in [0.25, 0.3) is 0 Å². The largest absolute Gasteiger partial charge is 0.392 e. The summed E-state index contributed by atoms with van der Waals surface area (Å²) in [7, 11) is 0. The lowest BCUT2D eigenvalue weighted by atomic mass is 9.90. The molecule has 166 valence electrons. The van der Waals surface area contributed by atoms with E-state index in [2.05, 4.69) is 19.1 Å². The van der Waals surface area contributed by atoms with E-state index in [0.717, 1.165) is 64.5 Å². The number of carbonyl (C=O) groups is 1. The minimum absolute atomic E-state index is 0.177. The number of carbonyl (C=O) groups excluding carboxylic acids is 1. The Morgan fingerprint density at radius 3 is 2.62 bits per heavy atom. The summed E-state index contributed by atoms with van der Waals surface area (Å²) in [5, 5.41) is 20.7. The maximum Gasteiger partial charge on any atom is 0.222 e. The summed E-state index contributed by atoms with van der Waals surface area (Å²) in [4.78, 5) is 14.0. The number of rotatable bonds is 12. The van der Waals surface area contributed by atoms with Crippen LogP contribution in [-0.2, 0) is 4.79 Å². The van der Waals surface area contributed by atoms with Gasteiger partial charge in [-0.3, -0.25) is 4.79 Å². The summed E-state index contributed by atoms with van der Waals surface area (Å²) in [6, 6.07) is 0. The van der Waals surface area contributed by atoms with Crippen LogP contribution < -0.4 is 0 Å². The lowest BCUT2D eigenvalue weighted by Crippen LogP contribution is -2.30. The summed E-state index contributed by atoms with van der Waals surface area (Å²) in [6.45, 7) is 7.83. The van der Waals surface area contributed by atoms with Gasteiger partial charge in [0.25, 0.3) is 0 Å². The summed E-state index contributed by atoms with van der Waals surface area (Å²) < 4.78 is 0. The fraction of sp³-hybridized carbons (Fsp3) is 0.800. The van der Waals surface area contributed by atoms with Gasteiger partial charge >= 0.3 is 0 Å². The van der Waals surface area contributed by atoms with Crippen molar-refractivity contribution in [2.75, 3.05) is 13.1 Å². The standard InChI is InChI=1S/C25H43NO3/c1-4-7-8-12-21(27)14-15-22-23-17-19(16-20(23)18-24(22)28)11-9-10-13-25(29)26(5-2)6-3/h11,14-15,20-24,27-28H,4-10,12-13,16-18H2,1-3H3/b15-14+,19-11+/t20-,21-,22+,23-,24+/m0/s1. The molecule has 4 heteroatoms. The fourth-order valence-corrected chi connectivity index (χ4v) is 5.19. The first-order valence-corrected chi connectivity index (χ1v) is 12.0. The highest BCUT2D eigenvalue weighted by Crippen LogP contribution is 2.50. The lowest BCUT2D eigenvalue weighted by Gasteiger charge is -2.18. The van der Waals surface area contributed by atoms with Gasteiger partial charge in [0.15, 0.2) is 0 Å². The highest BCUT2D eigenvalue weighted by atomic mass is 16.3. The number of hydrogen-bond acceptors (Lipinski definition) is 3. The average molecular weight is 406 g/mol. The SMILES string of the molecule is CCCCC[C@H](O)/C=C/[C@@H]1[C@H]2C/C(=C/CCCC(=O)N(CC)CC)C[C@H]2C[C@H]1O. The van der Waals surface area contributed by atoms with Gasteiger partial charge in [0.1, 0.15) is 0 Å². The smallest absolute Gasteiger partial charge is 0.222 e. The molecule has 0 bridgehead atoms. The molecule has 0 aromatic carbocycles. The van der Waals surface area contributed by atoms with Crippen molar-refractivity contribution < 1.29 is 15.0 Å². The third-order valence-corrected chi connectivity index (χ3v) is 6.91. The lowest BCUT2D eigenvalue weighted by molar-refractivity contribution is -0.130. The van der Waals surface area contributed by atoms with Crippen molar-refractivity contribution in [3.8, 4) is 0 Å². The van der Waals surface area contributed by atoms with Gasteiger partial charge in [0.05, 0.1) is 12.2 Å². The van der Waals surface area contributed by atoms with Crippen molar-refractivity contribution >= 4 is 5.91 Å². The van der Waals surface area contributed by atoms with Gasteiger partial charge in [-0.2, -0.15) is 0 Å². The topological polar surface area (TPSA) is 60.8 Å². The van der Waals surface area contributed by atoms with E-state index in [9.17, 15) is 15.0 Å². The van der Waals surface area contributed by atoms with Gasteiger partial charge in [-0.15, -0.1) is 0 Å². The maximum atomic E-state index is 12.1. The number of unbranched alkanes of at least 4 members (excludes halogenated alkanes) is 3. The van der Waals surface area contributed by atoms with Gasteiger partial charge in [0, 0.05) is 25.4 Å². The number of nitrogens with zero attached hydrogens (tertiary/aromatic N) is 1. The van der Waals surface area contributed by atoms with Crippen LogP contribution in [0.3, 0.4) is 0 Å². The van der Waals surface area contributed by atoms with Crippen molar-refractivity contribution in [2.45, 2.75) is 97.2 Å². The molecule has 0 aromatic heterocycles. The van der Waals surface area contributed by atoms with Crippen LogP contribution >= 0.6 is 0 Å². The number of aliphatic hydroxyl groups is 2. The second-order valence-electron chi connectivity index (χ2n) is 8.98. The molecular weight excluding hydrogens is 362 g/mol. The Morgan fingerprint density at radius 1 is 1.17 bits per heavy atom. The normalized spacial score (nSPS) is 28.9. The first kappa shape index (κ1) is 24.1. The summed E-state index contributed by atoms with van der Waals surface area (Å²) in [6.07, 6.45) is 15.5. The van der Waals surface area contributed by atoms with E-state index in [-0.39, 0.29) is 24.0 Å². The monoisotopic (exact) mass is 405 g/mol. The van der Waals surface area contributed by atoms with Crippen molar-refractivity contribution in [3.05, 3.63) is 23.8 Å². The zero-order valence-electron chi connectivity index (χ0n) is 18.9. The van der Waals surface area contributed by atoms with Crippen molar-refractivity contribution in [1.82, 2.24) is 4.90 Å². The molecule has 29 heavy (non-hydrogen) atoms. The first-order chi connectivity index (χ1) is 14.0. The molecule has 2 aliphatic rings. The third kappa shape index (κ3) is 7.25. The van der Waals surface area contributed by atoms with Crippen LogP contribution in [0.5, 0.6) is 0 Å². The van der Waals surface area contributed by atoms with Crippen LogP contribution in [0.1, 0.15) is 85.0 Å². The Hall–Kier alpha value is -1.13. The van der Waals surface area contributed by atoms with Gasteiger partial charge in [-0.1, -0.05) is 50.0 Å². The van der Waals surface area contributed by atoms with E-state index in [1.807, 2.05) is 24.8 Å². The van der Waals surface area contributed by atoms with Gasteiger partial charge in [-0.05, 0) is 64.2 Å². The molecule has 0 heterocycles. The highest BCUT2D eigenvalue weighted by Gasteiger charge is 2.44. The number of aliphatic hydroxyl groups excluding tert-OH is 2. The predicted molar refractivity (Wildman–Crippen MR) is 119 cm³/mol. The molecule has 0 aliphatic heterocycles. The number of fused-ring (bicyclic) bond motifs is 1. The first-order valence-electron chi connectivity index (χ1n) is 12.0. The molecule has 2 fully saturated rings. The molecule has 0 unspecified atom stereocenters. The van der Waals surface area contributed by atoms with E-state index < -0.39 is 0 Å². The molecule has 0 radical (unpaired) electrons. The molecular formula is C25H43NO3. The molecule has 2 N–H and O–H groups in total. The zero-order chi connectivity index (χ0) is 21.2. The van der Waals surface area contributed by atoms with Gasteiger partial charge in [-0.25, -0.2) is 0 Å². The molecule has 2 rings (SSSR count). The van der Waals surface area contributed by atoms with E-state index in [0.29, 0.717) is 18.3 Å². The van der Waals surface area contributed by atoms with Crippen molar-refractivity contribution in [2.24, 2.45) is 17.8 Å². The average Bonchev–Trinajstić information content (AvgIpc) is 3.21. The molecule has 2 aliphatic carbocycles. The molecule has 2 saturated carbocycles. The minimum Gasteiger partial charge on any atom is -0.392 e. The second kappa shape index (κ2) is 12.5. The summed E-state index contributed by atoms with van der Waals surface area (Å²) in [5.74, 6) is 1.52. The Balaban J connectivity index is 1.79. The summed E-state index contributed by atoms with van der Waals surface area (Å²) >= 11 is 0. The van der Waals surface area contributed by atoms with Crippen LogP contribution in [-0.4, -0.2) is 46.3 Å². The Kier molecular flexibility index (Phi) is 10.4. The van der Waals surface area contributed by atoms with Crippen molar-refractivity contribution in [3.63, 3.8) is 0 Å². The second-order valence-corrected chi connectivity index (χ2v) is 8.98. The van der Waals surface area contributed by atoms with Crippen LogP contribution in [0.15, 0.2) is 23.8 Å². The van der Waals surface area contributed by atoms with E-state index in [4.69, 9.17) is 0 Å². The zero-order valence-corrected chi connectivity index (χ0v) is 18.9. The highest BCUT2D eigenvalue weighted by molar-refractivity contribution is 5.76. The van der Waals surface area contributed by atoms with Crippen LogP contribution in [0.4, 0.5) is 0 Å². The van der Waals surface area contributed by atoms with E-state index in [1.165, 1.54) is 12.0 Å². The van der Waals surface area contributed by atoms with Crippen LogP contribution in [0.2, 0.25) is 0 Å². The quantitative estimate of drug-likeness (QED) is 0.360. The molecule has 0 saturated heterocycles. The molecule has 0 aromatic rings. The molecule has 4 nitrogen and oxygen atoms in total. The maximum absolute atomic E-state index is 12.1. The fourth-order valence-electron chi connectivity index (χ4n) is 5.19. The number of allylic oxidation sites excluding steroid dienone is 2. The molecule has 1 amide bonds. The van der Waals surface area contributed by atoms with Crippen LogP contribution in [0, 0.1) is 17.8 Å². The Morgan fingerprint density at radius 2 is 1.93 bits per heavy atom. The van der Waals surface area contributed by atoms with E-state index >= 15 is 0 Å². The number of amides is 1. The molecule has 0 spiro atoms. The Bertz CT molecular complexity index is 552. The number of hydrogen-bond donors (Lipinski definition) is 2. The Labute approximate surface area is 178 Å². The summed E-state index contributed by atoms with van der Waals surface area (Å²) in [5.41, 5.74) is 1.50. The predicted octanol–water partition coefficient (Wildman–Crippen LogP) is 4.86. The molecule has 5 atom stereocenters. The third-order valence-electron chi connectivity index (χ3n) is 6.91. The minimum atomic E-state index is -0.382. The van der Waals surface area contributed by atoms with Gasteiger partial charge in [0.2, 0.25) is 5.91 Å². The van der Waals surface area contributed by atoms with Gasteiger partial charge < -0.3 is 15.1 Å². The van der Waals surface area contributed by atoms with E-state index in [1.54, 1.807) is 0 Å². The van der Waals surface area contributed by atoms with Crippen molar-refractivity contribution in [1.29, 1.82) is 0 Å².